The van der Waals surface area contributed by atoms with Gasteiger partial charge in [0.05, 0.1) is 16.3 Å². The summed E-state index contributed by atoms with van der Waals surface area (Å²) < 4.78 is 0.779. The van der Waals surface area contributed by atoms with Gasteiger partial charge in [0.1, 0.15) is 5.75 Å². The summed E-state index contributed by atoms with van der Waals surface area (Å²) in [4.78, 5) is 23.6. The lowest BCUT2D eigenvalue weighted by atomic mass is 10.2. The normalized spacial score (nSPS) is 10.8. The zero-order chi connectivity index (χ0) is 19.8. The van der Waals surface area contributed by atoms with Gasteiger partial charge in [0, 0.05) is 28.6 Å². The van der Waals surface area contributed by atoms with Crippen molar-refractivity contribution >= 4 is 62.8 Å². The van der Waals surface area contributed by atoms with Gasteiger partial charge < -0.3 is 10.4 Å². The van der Waals surface area contributed by atoms with E-state index in [9.17, 15) is 14.7 Å². The summed E-state index contributed by atoms with van der Waals surface area (Å²) in [6.45, 7) is 0. The summed E-state index contributed by atoms with van der Waals surface area (Å²) in [6.07, 6.45) is 2.01. The number of anilines is 1. The zero-order valence-corrected chi connectivity index (χ0v) is 17.1. The Hall–Kier alpha value is -2.09. The van der Waals surface area contributed by atoms with Crippen molar-refractivity contribution in [3.63, 3.8) is 0 Å². The Labute approximate surface area is 174 Å². The number of carbonyl (C=O) groups is 2. The van der Waals surface area contributed by atoms with Crippen LogP contribution in [0, 0.1) is 0 Å². The summed E-state index contributed by atoms with van der Waals surface area (Å²) in [5.74, 6) is -0.512. The van der Waals surface area contributed by atoms with Crippen molar-refractivity contribution in [2.24, 2.45) is 5.10 Å². The fourth-order valence-electron chi connectivity index (χ4n) is 2.07. The third-order valence-corrected chi connectivity index (χ3v) is 4.63. The number of benzene rings is 2. The van der Waals surface area contributed by atoms with Crippen LogP contribution < -0.4 is 10.7 Å². The van der Waals surface area contributed by atoms with E-state index in [0.29, 0.717) is 27.7 Å². The van der Waals surface area contributed by atoms with Crippen LogP contribution in [0.3, 0.4) is 0 Å². The average Bonchev–Trinajstić information content (AvgIpc) is 2.61. The monoisotopic (exact) mass is 471 g/mol. The molecule has 142 valence electrons. The lowest BCUT2D eigenvalue weighted by Crippen LogP contribution is -2.18. The molecule has 0 aromatic heterocycles. The fraction of sp³-hybridized carbons (Fsp3) is 0.167. The fourth-order valence-corrected chi connectivity index (χ4v) is 2.74. The second-order valence-electron chi connectivity index (χ2n) is 5.53. The molecule has 0 unspecified atom stereocenters. The maximum absolute atomic E-state index is 11.9. The largest absolute Gasteiger partial charge is 0.507 e. The van der Waals surface area contributed by atoms with Gasteiger partial charge in [-0.3, -0.25) is 9.59 Å². The molecule has 0 heterocycles. The molecule has 0 saturated carbocycles. The highest BCUT2D eigenvalue weighted by molar-refractivity contribution is 9.10. The molecule has 2 rings (SSSR count). The molecule has 3 N–H and O–H groups in total. The van der Waals surface area contributed by atoms with Gasteiger partial charge in [-0.1, -0.05) is 39.1 Å². The number of hydrazone groups is 1. The molecule has 0 spiro atoms. The van der Waals surface area contributed by atoms with E-state index < -0.39 is 0 Å². The van der Waals surface area contributed by atoms with Crippen LogP contribution in [0.4, 0.5) is 5.69 Å². The van der Waals surface area contributed by atoms with E-state index in [1.807, 2.05) is 0 Å². The molecule has 2 aromatic carbocycles. The summed E-state index contributed by atoms with van der Waals surface area (Å²) in [5, 5.41) is 16.9. The van der Waals surface area contributed by atoms with Gasteiger partial charge in [0.25, 0.3) is 0 Å². The smallest absolute Gasteiger partial charge is 0.240 e. The molecule has 6 nitrogen and oxygen atoms in total. The molecule has 27 heavy (non-hydrogen) atoms. The Bertz CT molecular complexity index is 875. The molecular weight excluding hydrogens is 457 g/mol. The van der Waals surface area contributed by atoms with Gasteiger partial charge in [-0.15, -0.1) is 0 Å². The van der Waals surface area contributed by atoms with Gasteiger partial charge in [0.15, 0.2) is 0 Å². The molecule has 2 amide bonds. The van der Waals surface area contributed by atoms with Crippen molar-refractivity contribution in [2.75, 3.05) is 5.32 Å². The van der Waals surface area contributed by atoms with Crippen LogP contribution in [0.2, 0.25) is 10.0 Å². The number of nitrogens with one attached hydrogen (secondary N) is 2. The predicted molar refractivity (Wildman–Crippen MR) is 110 cm³/mol. The van der Waals surface area contributed by atoms with Crippen LogP contribution in [0.15, 0.2) is 46.0 Å². The third kappa shape index (κ3) is 7.21. The Kier molecular flexibility index (Phi) is 8.09. The summed E-state index contributed by atoms with van der Waals surface area (Å²) in [6, 6.07) is 9.66. The highest BCUT2D eigenvalue weighted by Crippen LogP contribution is 2.25. The minimum atomic E-state index is -0.330. The molecule has 0 aliphatic heterocycles. The zero-order valence-electron chi connectivity index (χ0n) is 14.0. The van der Waals surface area contributed by atoms with E-state index in [0.717, 1.165) is 4.47 Å². The van der Waals surface area contributed by atoms with E-state index in [-0.39, 0.29) is 30.4 Å². The van der Waals surface area contributed by atoms with Gasteiger partial charge in [0.2, 0.25) is 11.8 Å². The number of amides is 2. The van der Waals surface area contributed by atoms with Crippen molar-refractivity contribution in [3.05, 3.63) is 56.5 Å². The summed E-state index contributed by atoms with van der Waals surface area (Å²) in [7, 11) is 0. The van der Waals surface area contributed by atoms with Crippen LogP contribution in [0.25, 0.3) is 0 Å². The molecule has 0 radical (unpaired) electrons. The Morgan fingerprint density at radius 2 is 1.81 bits per heavy atom. The Morgan fingerprint density at radius 1 is 1.07 bits per heavy atom. The number of rotatable bonds is 7. The number of carbonyl (C=O) groups excluding carboxylic acids is 2. The van der Waals surface area contributed by atoms with Crippen molar-refractivity contribution < 1.29 is 14.7 Å². The van der Waals surface area contributed by atoms with Crippen LogP contribution in [-0.2, 0) is 9.59 Å². The van der Waals surface area contributed by atoms with E-state index in [2.05, 4.69) is 31.8 Å². The minimum Gasteiger partial charge on any atom is -0.507 e. The minimum absolute atomic E-state index is 0.0511. The van der Waals surface area contributed by atoms with Gasteiger partial charge in [-0.05, 0) is 42.8 Å². The van der Waals surface area contributed by atoms with E-state index >= 15 is 0 Å². The summed E-state index contributed by atoms with van der Waals surface area (Å²) in [5.41, 5.74) is 3.36. The average molecular weight is 473 g/mol. The van der Waals surface area contributed by atoms with Gasteiger partial charge >= 0.3 is 0 Å². The quantitative estimate of drug-likeness (QED) is 0.402. The molecule has 0 bridgehead atoms. The van der Waals surface area contributed by atoms with Crippen molar-refractivity contribution in [2.45, 2.75) is 19.3 Å². The first-order valence-electron chi connectivity index (χ1n) is 7.90. The number of aromatic hydroxyl groups is 1. The first-order chi connectivity index (χ1) is 12.8. The predicted octanol–water partition coefficient (Wildman–Crippen LogP) is 4.72. The number of phenols is 1. The topological polar surface area (TPSA) is 90.8 Å². The SMILES string of the molecule is O=C(CCCC(=O)Nc1ccc(Cl)c(Cl)c1)N/N=C\c1cc(Br)ccc1O. The maximum Gasteiger partial charge on any atom is 0.240 e. The van der Waals surface area contributed by atoms with Crippen LogP contribution in [-0.4, -0.2) is 23.1 Å². The van der Waals surface area contributed by atoms with Gasteiger partial charge in [-0.2, -0.15) is 5.10 Å². The maximum atomic E-state index is 11.9. The van der Waals surface area contributed by atoms with Crippen molar-refractivity contribution in [1.82, 2.24) is 5.43 Å². The molecule has 9 heteroatoms. The molecule has 2 aromatic rings. The highest BCUT2D eigenvalue weighted by Gasteiger charge is 2.07. The van der Waals surface area contributed by atoms with E-state index in [1.165, 1.54) is 12.3 Å². The molecule has 0 saturated heterocycles. The molecule has 0 atom stereocenters. The number of hydrogen-bond acceptors (Lipinski definition) is 4. The summed E-state index contributed by atoms with van der Waals surface area (Å²) >= 11 is 15.0. The second kappa shape index (κ2) is 10.3. The molecule has 0 fully saturated rings. The highest BCUT2D eigenvalue weighted by atomic mass is 79.9. The number of nitrogens with zero attached hydrogens (tertiary/aromatic N) is 1. The van der Waals surface area contributed by atoms with E-state index in [4.69, 9.17) is 23.2 Å². The van der Waals surface area contributed by atoms with Crippen molar-refractivity contribution in [3.8, 4) is 5.75 Å². The second-order valence-corrected chi connectivity index (χ2v) is 7.26. The first-order valence-corrected chi connectivity index (χ1v) is 9.45. The molecule has 0 aliphatic rings. The number of halogens is 3. The van der Waals surface area contributed by atoms with Crippen molar-refractivity contribution in [1.29, 1.82) is 0 Å². The van der Waals surface area contributed by atoms with E-state index in [1.54, 1.807) is 30.3 Å². The lowest BCUT2D eigenvalue weighted by Gasteiger charge is -2.06. The van der Waals surface area contributed by atoms with Crippen LogP contribution >= 0.6 is 39.1 Å². The van der Waals surface area contributed by atoms with Crippen LogP contribution in [0.5, 0.6) is 5.75 Å². The standard InChI is InChI=1S/C18H16BrCl2N3O3/c19-12-4-7-16(25)11(8-12)10-22-24-18(27)3-1-2-17(26)23-13-5-6-14(20)15(21)9-13/h4-10,25H,1-3H2,(H,23,26)(H,24,27)/b22-10-. The number of phenolic OH excluding ortho intramolecular Hbond substituents is 1. The Morgan fingerprint density at radius 3 is 2.56 bits per heavy atom. The third-order valence-electron chi connectivity index (χ3n) is 3.39. The Balaban J connectivity index is 1.72. The first kappa shape index (κ1) is 21.2. The molecular formula is C18H16BrCl2N3O3. The van der Waals surface area contributed by atoms with Crippen LogP contribution in [0.1, 0.15) is 24.8 Å². The lowest BCUT2D eigenvalue weighted by molar-refractivity contribution is -0.121. The molecule has 0 aliphatic carbocycles. The number of hydrogen-bond donors (Lipinski definition) is 3. The van der Waals surface area contributed by atoms with Gasteiger partial charge in [-0.25, -0.2) is 5.43 Å².